The minimum Gasteiger partial charge on any atom is -0.355 e. The van der Waals surface area contributed by atoms with Crippen LogP contribution in [0.2, 0.25) is 0 Å². The van der Waals surface area contributed by atoms with Crippen molar-refractivity contribution in [3.63, 3.8) is 0 Å². The highest BCUT2D eigenvalue weighted by Crippen LogP contribution is 2.24. The number of hydrogen-bond donors (Lipinski definition) is 2. The van der Waals surface area contributed by atoms with E-state index >= 15 is 0 Å². The number of aromatic nitrogens is 1. The number of carbonyl (C=O) groups excluding carboxylic acids is 1. The maximum atomic E-state index is 11.8. The maximum absolute atomic E-state index is 11.8. The third-order valence-electron chi connectivity index (χ3n) is 2.52. The van der Waals surface area contributed by atoms with Gasteiger partial charge in [-0.15, -0.1) is 23.7 Å². The molecule has 110 valence electrons. The van der Waals surface area contributed by atoms with Crippen LogP contribution in [-0.2, 0) is 0 Å². The summed E-state index contributed by atoms with van der Waals surface area (Å²) in [6.07, 6.45) is 1.08. The monoisotopic (exact) mass is 315 g/mol. The molecule has 0 atom stereocenters. The standard InChI is InChI=1S/C13H17N3O2S.ClH/c1-2-5-14-6-7-15-13(17)10-9-11(18-16-10)12-4-3-8-19-12;/h3-4,8-9,14H,2,5-7H2,1H3,(H,15,17);1H. The van der Waals surface area contributed by atoms with E-state index in [1.807, 2.05) is 17.5 Å². The van der Waals surface area contributed by atoms with Crippen molar-refractivity contribution in [3.8, 4) is 10.6 Å². The molecule has 0 fully saturated rings. The molecule has 7 heteroatoms. The first-order valence-electron chi connectivity index (χ1n) is 6.30. The average Bonchev–Trinajstić information content (AvgIpc) is 3.08. The highest BCUT2D eigenvalue weighted by molar-refractivity contribution is 7.13. The minimum atomic E-state index is -0.204. The molecule has 2 aromatic heterocycles. The summed E-state index contributed by atoms with van der Waals surface area (Å²) in [5, 5.41) is 11.8. The second kappa shape index (κ2) is 8.73. The van der Waals surface area contributed by atoms with Crippen LogP contribution in [-0.4, -0.2) is 30.7 Å². The summed E-state index contributed by atoms with van der Waals surface area (Å²) in [5.74, 6) is 0.425. The second-order valence-electron chi connectivity index (χ2n) is 4.06. The molecule has 1 amide bonds. The van der Waals surface area contributed by atoms with Gasteiger partial charge in [-0.05, 0) is 24.4 Å². The van der Waals surface area contributed by atoms with Crippen molar-refractivity contribution in [2.24, 2.45) is 0 Å². The Labute approximate surface area is 128 Å². The Balaban J connectivity index is 0.00000200. The molecule has 0 saturated heterocycles. The van der Waals surface area contributed by atoms with Gasteiger partial charge in [0, 0.05) is 19.2 Å². The first kappa shape index (κ1) is 16.7. The van der Waals surface area contributed by atoms with Crippen LogP contribution in [0.1, 0.15) is 23.8 Å². The lowest BCUT2D eigenvalue weighted by atomic mass is 10.3. The fourth-order valence-corrected chi connectivity index (χ4v) is 2.25. The van der Waals surface area contributed by atoms with E-state index in [0.29, 0.717) is 18.0 Å². The van der Waals surface area contributed by atoms with Crippen LogP contribution in [0, 0.1) is 0 Å². The summed E-state index contributed by atoms with van der Waals surface area (Å²) < 4.78 is 5.16. The Hall–Kier alpha value is -1.37. The number of amides is 1. The molecular weight excluding hydrogens is 298 g/mol. The van der Waals surface area contributed by atoms with Crippen LogP contribution >= 0.6 is 23.7 Å². The number of nitrogens with one attached hydrogen (secondary N) is 2. The summed E-state index contributed by atoms with van der Waals surface area (Å²) in [6.45, 7) is 4.41. The first-order chi connectivity index (χ1) is 9.31. The van der Waals surface area contributed by atoms with Gasteiger partial charge in [-0.2, -0.15) is 0 Å². The van der Waals surface area contributed by atoms with Crippen molar-refractivity contribution >= 4 is 29.7 Å². The molecule has 0 aromatic carbocycles. The van der Waals surface area contributed by atoms with Crippen molar-refractivity contribution in [2.75, 3.05) is 19.6 Å². The zero-order chi connectivity index (χ0) is 13.5. The fourth-order valence-electron chi connectivity index (χ4n) is 1.57. The van der Waals surface area contributed by atoms with E-state index in [4.69, 9.17) is 4.52 Å². The van der Waals surface area contributed by atoms with Gasteiger partial charge >= 0.3 is 0 Å². The molecule has 0 bridgehead atoms. The lowest BCUT2D eigenvalue weighted by Gasteiger charge is -2.03. The summed E-state index contributed by atoms with van der Waals surface area (Å²) in [7, 11) is 0. The lowest BCUT2D eigenvalue weighted by molar-refractivity contribution is 0.0945. The average molecular weight is 316 g/mol. The molecule has 2 rings (SSSR count). The molecule has 0 radical (unpaired) electrons. The zero-order valence-electron chi connectivity index (χ0n) is 11.2. The summed E-state index contributed by atoms with van der Waals surface area (Å²) in [4.78, 5) is 12.8. The van der Waals surface area contributed by atoms with E-state index in [1.165, 1.54) is 0 Å². The smallest absolute Gasteiger partial charge is 0.273 e. The second-order valence-corrected chi connectivity index (χ2v) is 5.01. The van der Waals surface area contributed by atoms with Crippen LogP contribution in [0.4, 0.5) is 0 Å². The molecule has 0 aliphatic carbocycles. The van der Waals surface area contributed by atoms with Gasteiger partial charge in [-0.1, -0.05) is 18.1 Å². The number of rotatable bonds is 7. The number of thiophene rings is 1. The molecule has 0 unspecified atom stereocenters. The molecular formula is C13H18ClN3O2S. The fraction of sp³-hybridized carbons (Fsp3) is 0.385. The molecule has 0 aliphatic heterocycles. The highest BCUT2D eigenvalue weighted by Gasteiger charge is 2.13. The largest absolute Gasteiger partial charge is 0.355 e. The summed E-state index contributed by atoms with van der Waals surface area (Å²) in [6, 6.07) is 5.53. The van der Waals surface area contributed by atoms with Gasteiger partial charge in [0.2, 0.25) is 0 Å². The Bertz CT molecular complexity index is 513. The molecule has 2 aromatic rings. The predicted molar refractivity (Wildman–Crippen MR) is 82.6 cm³/mol. The Morgan fingerprint density at radius 1 is 1.40 bits per heavy atom. The van der Waals surface area contributed by atoms with E-state index < -0.39 is 0 Å². The van der Waals surface area contributed by atoms with Crippen LogP contribution < -0.4 is 10.6 Å². The van der Waals surface area contributed by atoms with Gasteiger partial charge in [-0.3, -0.25) is 4.79 Å². The molecule has 2 heterocycles. The van der Waals surface area contributed by atoms with E-state index in [-0.39, 0.29) is 18.3 Å². The van der Waals surface area contributed by atoms with Crippen molar-refractivity contribution < 1.29 is 9.32 Å². The number of hydrogen-bond acceptors (Lipinski definition) is 5. The van der Waals surface area contributed by atoms with Gasteiger partial charge < -0.3 is 15.2 Å². The normalized spacial score (nSPS) is 10.1. The quantitative estimate of drug-likeness (QED) is 0.771. The predicted octanol–water partition coefficient (Wildman–Crippen LogP) is 2.55. The molecule has 2 N–H and O–H groups in total. The summed E-state index contributed by atoms with van der Waals surface area (Å²) >= 11 is 1.55. The molecule has 20 heavy (non-hydrogen) atoms. The van der Waals surface area contributed by atoms with Crippen LogP contribution in [0.25, 0.3) is 10.6 Å². The molecule has 0 saturated carbocycles. The Morgan fingerprint density at radius 3 is 2.95 bits per heavy atom. The molecule has 0 aliphatic rings. The van der Waals surface area contributed by atoms with E-state index in [2.05, 4.69) is 22.7 Å². The zero-order valence-corrected chi connectivity index (χ0v) is 12.9. The Kier molecular flexibility index (Phi) is 7.28. The van der Waals surface area contributed by atoms with Gasteiger partial charge in [-0.25, -0.2) is 0 Å². The lowest BCUT2D eigenvalue weighted by Crippen LogP contribution is -2.32. The van der Waals surface area contributed by atoms with Gasteiger partial charge in [0.1, 0.15) is 0 Å². The summed E-state index contributed by atoms with van der Waals surface area (Å²) in [5.41, 5.74) is 0.318. The SMILES string of the molecule is CCCNCCNC(=O)c1cc(-c2cccs2)on1.Cl. The van der Waals surface area contributed by atoms with Gasteiger partial charge in [0.05, 0.1) is 4.88 Å². The first-order valence-corrected chi connectivity index (χ1v) is 7.18. The molecule has 0 spiro atoms. The van der Waals surface area contributed by atoms with E-state index in [1.54, 1.807) is 17.4 Å². The molecule has 5 nitrogen and oxygen atoms in total. The van der Waals surface area contributed by atoms with Crippen LogP contribution in [0.3, 0.4) is 0 Å². The van der Waals surface area contributed by atoms with E-state index in [0.717, 1.165) is 24.4 Å². The van der Waals surface area contributed by atoms with Crippen molar-refractivity contribution in [1.29, 1.82) is 0 Å². The third kappa shape index (κ3) is 4.63. The number of carbonyl (C=O) groups is 1. The number of halogens is 1. The number of nitrogens with zero attached hydrogens (tertiary/aromatic N) is 1. The van der Waals surface area contributed by atoms with Crippen molar-refractivity contribution in [1.82, 2.24) is 15.8 Å². The van der Waals surface area contributed by atoms with Crippen LogP contribution in [0.15, 0.2) is 28.1 Å². The Morgan fingerprint density at radius 2 is 2.25 bits per heavy atom. The van der Waals surface area contributed by atoms with Gasteiger partial charge in [0.25, 0.3) is 5.91 Å². The van der Waals surface area contributed by atoms with Crippen molar-refractivity contribution in [3.05, 3.63) is 29.3 Å². The minimum absolute atomic E-state index is 0. The van der Waals surface area contributed by atoms with E-state index in [9.17, 15) is 4.79 Å². The van der Waals surface area contributed by atoms with Crippen LogP contribution in [0.5, 0.6) is 0 Å². The highest BCUT2D eigenvalue weighted by atomic mass is 35.5. The topological polar surface area (TPSA) is 67.2 Å². The maximum Gasteiger partial charge on any atom is 0.273 e. The van der Waals surface area contributed by atoms with Crippen molar-refractivity contribution in [2.45, 2.75) is 13.3 Å². The van der Waals surface area contributed by atoms with Gasteiger partial charge in [0.15, 0.2) is 11.5 Å². The third-order valence-corrected chi connectivity index (χ3v) is 3.41.